The third-order valence-corrected chi connectivity index (χ3v) is 5.63. The molecule has 20 heavy (non-hydrogen) atoms. The summed E-state index contributed by atoms with van der Waals surface area (Å²) in [6, 6.07) is 9.81. The number of rotatable bonds is 3. The van der Waals surface area contributed by atoms with Crippen LogP contribution in [0.4, 0.5) is 0 Å². The predicted molar refractivity (Wildman–Crippen MR) is 80.9 cm³/mol. The molecule has 0 atom stereocenters. The summed E-state index contributed by atoms with van der Waals surface area (Å²) in [4.78, 5) is 20.1. The number of nitrogens with zero attached hydrogens (tertiary/aromatic N) is 3. The average molecular weight is 327 g/mol. The number of aromatic nitrogens is 3. The number of fused-ring (bicyclic) bond motifs is 1. The summed E-state index contributed by atoms with van der Waals surface area (Å²) in [5.74, 6) is 0. The number of hydrogen-bond donors (Lipinski definition) is 0. The van der Waals surface area contributed by atoms with E-state index in [-0.39, 0.29) is 0 Å². The first-order chi connectivity index (χ1) is 9.70. The van der Waals surface area contributed by atoms with E-state index in [9.17, 15) is 4.79 Å². The van der Waals surface area contributed by atoms with Gasteiger partial charge in [-0.15, -0.1) is 0 Å². The van der Waals surface area contributed by atoms with Gasteiger partial charge in [-0.05, 0) is 0 Å². The Labute approximate surface area is 121 Å². The minimum absolute atomic E-state index is 0.452. The van der Waals surface area contributed by atoms with Crippen LogP contribution in [0.1, 0.15) is 10.5 Å². The molecule has 0 saturated heterocycles. The summed E-state index contributed by atoms with van der Waals surface area (Å²) in [5, 5.41) is 0. The van der Waals surface area contributed by atoms with Gasteiger partial charge in [0.25, 0.3) is 0 Å². The molecule has 0 saturated carbocycles. The van der Waals surface area contributed by atoms with Gasteiger partial charge in [-0.1, -0.05) is 0 Å². The molecule has 0 spiro atoms. The van der Waals surface area contributed by atoms with Crippen molar-refractivity contribution in [1.29, 1.82) is 0 Å². The van der Waals surface area contributed by atoms with Crippen molar-refractivity contribution in [3.63, 3.8) is 0 Å². The van der Waals surface area contributed by atoms with Gasteiger partial charge in [0.1, 0.15) is 0 Å². The minimum atomic E-state index is -0.965. The van der Waals surface area contributed by atoms with Crippen LogP contribution in [-0.2, 0) is 0 Å². The molecular weight excluding hydrogens is 313 g/mol. The third-order valence-electron chi connectivity index (χ3n) is 3.15. The molecule has 3 aromatic rings. The molecule has 0 N–H and O–H groups in total. The van der Waals surface area contributed by atoms with Crippen LogP contribution in [0.15, 0.2) is 42.7 Å². The fraction of sp³-hybridized carbons (Fsp3) is 0.133. The van der Waals surface area contributed by atoms with Crippen molar-refractivity contribution in [2.24, 2.45) is 0 Å². The first-order valence-electron chi connectivity index (χ1n) is 6.26. The van der Waals surface area contributed by atoms with Gasteiger partial charge < -0.3 is 0 Å². The SMILES string of the molecule is C[As](C)c1ccc(-c2c(C=O)nc3ccccn23)cn1. The molecule has 0 unspecified atom stereocenters. The zero-order valence-corrected chi connectivity index (χ0v) is 13.2. The molecule has 0 amide bonds. The maximum absolute atomic E-state index is 11.3. The molecule has 5 heteroatoms. The van der Waals surface area contributed by atoms with Gasteiger partial charge in [-0.2, -0.15) is 0 Å². The number of carbonyl (C=O) groups is 1. The van der Waals surface area contributed by atoms with Gasteiger partial charge in [-0.3, -0.25) is 0 Å². The summed E-state index contributed by atoms with van der Waals surface area (Å²) < 4.78 is 3.11. The summed E-state index contributed by atoms with van der Waals surface area (Å²) >= 11 is -0.965. The molecular formula is C15H14AsN3O. The van der Waals surface area contributed by atoms with Crippen molar-refractivity contribution in [3.8, 4) is 11.3 Å². The Hall–Kier alpha value is -1.93. The van der Waals surface area contributed by atoms with Crippen LogP contribution < -0.4 is 4.48 Å². The Morgan fingerprint density at radius 2 is 2.05 bits per heavy atom. The van der Waals surface area contributed by atoms with E-state index in [1.54, 1.807) is 0 Å². The number of carbonyl (C=O) groups excluding carboxylic acids is 1. The van der Waals surface area contributed by atoms with E-state index in [4.69, 9.17) is 0 Å². The topological polar surface area (TPSA) is 47.3 Å². The van der Waals surface area contributed by atoms with Crippen LogP contribution in [0.5, 0.6) is 0 Å². The second-order valence-corrected chi connectivity index (χ2v) is 9.41. The molecule has 0 aliphatic carbocycles. The van der Waals surface area contributed by atoms with Crippen LogP contribution in [-0.4, -0.2) is 35.3 Å². The van der Waals surface area contributed by atoms with E-state index in [2.05, 4.69) is 27.5 Å². The van der Waals surface area contributed by atoms with Crippen LogP contribution >= 0.6 is 0 Å². The van der Waals surface area contributed by atoms with Crippen molar-refractivity contribution in [3.05, 3.63) is 48.4 Å². The van der Waals surface area contributed by atoms with Crippen molar-refractivity contribution in [1.82, 2.24) is 14.4 Å². The fourth-order valence-corrected chi connectivity index (χ4v) is 3.56. The Morgan fingerprint density at radius 1 is 1.20 bits per heavy atom. The Balaban J connectivity index is 2.20. The first kappa shape index (κ1) is 13.1. The molecule has 0 radical (unpaired) electrons. The molecule has 0 aromatic carbocycles. The van der Waals surface area contributed by atoms with Crippen LogP contribution in [0.25, 0.3) is 16.9 Å². The Morgan fingerprint density at radius 3 is 2.70 bits per heavy atom. The summed E-state index contributed by atoms with van der Waals surface area (Å²) in [7, 11) is 0. The average Bonchev–Trinajstić information content (AvgIpc) is 2.85. The number of aldehydes is 1. The molecule has 4 nitrogen and oxygen atoms in total. The summed E-state index contributed by atoms with van der Waals surface area (Å²) in [5.41, 5.74) is 7.45. The fourth-order valence-electron chi connectivity index (χ4n) is 2.17. The van der Waals surface area contributed by atoms with Crippen LogP contribution in [0.3, 0.4) is 0 Å². The standard InChI is InChI=1S/C15H14AsN3O/c1-16(2)13-7-6-11(9-17-13)15-12(10-20)18-14-5-3-4-8-19(14)15/h3-10H,1-2H3. The van der Waals surface area contributed by atoms with E-state index >= 15 is 0 Å². The van der Waals surface area contributed by atoms with Crippen LogP contribution in [0, 0.1) is 0 Å². The molecule has 0 aliphatic rings. The van der Waals surface area contributed by atoms with E-state index in [1.165, 1.54) is 4.48 Å². The summed E-state index contributed by atoms with van der Waals surface area (Å²) in [6.07, 6.45) is 4.55. The monoisotopic (exact) mass is 327 g/mol. The van der Waals surface area contributed by atoms with E-state index in [0.29, 0.717) is 5.69 Å². The van der Waals surface area contributed by atoms with Crippen LogP contribution in [0.2, 0.25) is 11.4 Å². The van der Waals surface area contributed by atoms with Gasteiger partial charge in [0.15, 0.2) is 0 Å². The molecule has 3 aromatic heterocycles. The molecule has 3 rings (SSSR count). The number of imidazole rings is 1. The maximum atomic E-state index is 11.3. The molecule has 0 aliphatic heterocycles. The van der Waals surface area contributed by atoms with Crippen molar-refractivity contribution in [2.45, 2.75) is 11.4 Å². The molecule has 0 fully saturated rings. The number of hydrogen-bond acceptors (Lipinski definition) is 3. The van der Waals surface area contributed by atoms with E-state index in [0.717, 1.165) is 23.2 Å². The second-order valence-electron chi connectivity index (χ2n) is 4.69. The Bertz CT molecular complexity index is 762. The van der Waals surface area contributed by atoms with Crippen molar-refractivity contribution < 1.29 is 4.79 Å². The predicted octanol–water partition coefficient (Wildman–Crippen LogP) is 2.17. The van der Waals surface area contributed by atoms with E-state index < -0.39 is 14.7 Å². The Kier molecular flexibility index (Phi) is 3.41. The van der Waals surface area contributed by atoms with Gasteiger partial charge >= 0.3 is 121 Å². The second kappa shape index (κ2) is 5.22. The van der Waals surface area contributed by atoms with Gasteiger partial charge in [-0.25, -0.2) is 0 Å². The normalized spacial score (nSPS) is 11.2. The van der Waals surface area contributed by atoms with Gasteiger partial charge in [0.05, 0.1) is 0 Å². The third kappa shape index (κ3) is 2.16. The molecule has 3 heterocycles. The molecule has 100 valence electrons. The quantitative estimate of drug-likeness (QED) is 0.547. The summed E-state index contributed by atoms with van der Waals surface area (Å²) in [6.45, 7) is 0. The zero-order chi connectivity index (χ0) is 14.1. The van der Waals surface area contributed by atoms with Gasteiger partial charge in [0.2, 0.25) is 0 Å². The zero-order valence-electron chi connectivity index (χ0n) is 11.3. The van der Waals surface area contributed by atoms with Gasteiger partial charge in [0, 0.05) is 0 Å². The number of pyridine rings is 2. The van der Waals surface area contributed by atoms with E-state index in [1.807, 2.05) is 41.1 Å². The van der Waals surface area contributed by atoms with Crippen molar-refractivity contribution >= 4 is 31.1 Å². The van der Waals surface area contributed by atoms with Crippen molar-refractivity contribution in [2.75, 3.05) is 0 Å². The first-order valence-corrected chi connectivity index (χ1v) is 11.0. The molecule has 0 bridgehead atoms.